The standard InChI is InChI=1S/C20H18BrN3O/c1-3-13-9-14-7-8-15(10-17(14)24-19(13)25)20(2,12-22)11-16-5-4-6-18(21)23-16/h4-10H,3,11H2,1-2H3,(H,24,25). The van der Waals surface area contributed by atoms with Crippen LogP contribution in [-0.4, -0.2) is 9.97 Å². The molecule has 25 heavy (non-hydrogen) atoms. The summed E-state index contributed by atoms with van der Waals surface area (Å²) in [4.78, 5) is 19.5. The van der Waals surface area contributed by atoms with E-state index in [-0.39, 0.29) is 5.56 Å². The van der Waals surface area contributed by atoms with E-state index >= 15 is 0 Å². The second-order valence-corrected chi connectivity index (χ2v) is 7.16. The third-order valence-electron chi connectivity index (χ3n) is 4.50. The molecule has 2 aromatic heterocycles. The number of nitriles is 1. The molecule has 3 aromatic rings. The summed E-state index contributed by atoms with van der Waals surface area (Å²) in [6, 6.07) is 15.8. The number of nitrogens with zero attached hydrogens (tertiary/aromatic N) is 2. The normalized spacial score (nSPS) is 13.4. The maximum atomic E-state index is 12.1. The third-order valence-corrected chi connectivity index (χ3v) is 4.94. The van der Waals surface area contributed by atoms with Crippen LogP contribution in [0.2, 0.25) is 0 Å². The minimum atomic E-state index is -0.734. The highest BCUT2D eigenvalue weighted by Gasteiger charge is 2.28. The van der Waals surface area contributed by atoms with Gasteiger partial charge in [-0.25, -0.2) is 4.98 Å². The van der Waals surface area contributed by atoms with E-state index in [9.17, 15) is 10.1 Å². The zero-order valence-electron chi connectivity index (χ0n) is 14.1. The van der Waals surface area contributed by atoms with Crippen molar-refractivity contribution < 1.29 is 0 Å². The highest BCUT2D eigenvalue weighted by atomic mass is 79.9. The molecule has 0 saturated carbocycles. The van der Waals surface area contributed by atoms with Gasteiger partial charge in [0, 0.05) is 23.2 Å². The zero-order chi connectivity index (χ0) is 18.0. The molecule has 0 spiro atoms. The van der Waals surface area contributed by atoms with Gasteiger partial charge in [0.05, 0.1) is 11.5 Å². The van der Waals surface area contributed by atoms with E-state index in [1.54, 1.807) is 0 Å². The first kappa shape index (κ1) is 17.4. The first-order chi connectivity index (χ1) is 11.9. The minimum absolute atomic E-state index is 0.0699. The van der Waals surface area contributed by atoms with Crippen molar-refractivity contribution in [2.45, 2.75) is 32.1 Å². The van der Waals surface area contributed by atoms with Crippen molar-refractivity contribution in [2.75, 3.05) is 0 Å². The van der Waals surface area contributed by atoms with E-state index in [2.05, 4.69) is 32.0 Å². The molecule has 1 N–H and O–H groups in total. The molecule has 0 aliphatic carbocycles. The second-order valence-electron chi connectivity index (χ2n) is 6.35. The Morgan fingerprint density at radius 2 is 2.08 bits per heavy atom. The summed E-state index contributed by atoms with van der Waals surface area (Å²) in [6.07, 6.45) is 1.18. The Bertz CT molecular complexity index is 1040. The molecule has 0 amide bonds. The van der Waals surface area contributed by atoms with Crippen molar-refractivity contribution in [3.63, 3.8) is 0 Å². The van der Waals surface area contributed by atoms with Gasteiger partial charge in [-0.05, 0) is 64.5 Å². The summed E-state index contributed by atoms with van der Waals surface area (Å²) in [5.74, 6) is 0. The van der Waals surface area contributed by atoms with Gasteiger partial charge in [-0.15, -0.1) is 0 Å². The lowest BCUT2D eigenvalue weighted by Gasteiger charge is -2.22. The van der Waals surface area contributed by atoms with Gasteiger partial charge in [-0.3, -0.25) is 4.79 Å². The van der Waals surface area contributed by atoms with Crippen molar-refractivity contribution in [1.82, 2.24) is 9.97 Å². The van der Waals surface area contributed by atoms with E-state index in [1.807, 2.05) is 56.3 Å². The Balaban J connectivity index is 2.06. The molecular weight excluding hydrogens is 378 g/mol. The number of hydrogen-bond acceptors (Lipinski definition) is 3. The van der Waals surface area contributed by atoms with Crippen molar-refractivity contribution in [3.05, 3.63) is 74.2 Å². The monoisotopic (exact) mass is 395 g/mol. The Morgan fingerprint density at radius 1 is 1.28 bits per heavy atom. The van der Waals surface area contributed by atoms with Crippen molar-refractivity contribution >= 4 is 26.8 Å². The Morgan fingerprint density at radius 3 is 2.76 bits per heavy atom. The quantitative estimate of drug-likeness (QED) is 0.670. The number of H-pyrrole nitrogens is 1. The predicted molar refractivity (Wildman–Crippen MR) is 103 cm³/mol. The number of halogens is 1. The van der Waals surface area contributed by atoms with Crippen LogP contribution in [0, 0.1) is 11.3 Å². The number of aromatic nitrogens is 2. The molecule has 1 atom stereocenters. The van der Waals surface area contributed by atoms with Gasteiger partial charge in [-0.2, -0.15) is 5.26 Å². The fraction of sp³-hybridized carbons (Fsp3) is 0.250. The molecule has 0 saturated heterocycles. The van der Waals surface area contributed by atoms with Crippen LogP contribution in [0.25, 0.3) is 10.9 Å². The van der Waals surface area contributed by atoms with Crippen molar-refractivity contribution in [1.29, 1.82) is 5.26 Å². The average molecular weight is 396 g/mol. The van der Waals surface area contributed by atoms with Gasteiger partial charge in [-0.1, -0.05) is 25.1 Å². The molecule has 0 fully saturated rings. The van der Waals surface area contributed by atoms with Gasteiger partial charge in [0.2, 0.25) is 0 Å². The topological polar surface area (TPSA) is 69.5 Å². The average Bonchev–Trinajstić information content (AvgIpc) is 2.60. The maximum Gasteiger partial charge on any atom is 0.251 e. The summed E-state index contributed by atoms with van der Waals surface area (Å²) in [7, 11) is 0. The molecule has 0 aliphatic rings. The smallest absolute Gasteiger partial charge is 0.251 e. The molecule has 0 aliphatic heterocycles. The number of aromatic amines is 1. The summed E-state index contributed by atoms with van der Waals surface area (Å²) in [5, 5.41) is 10.8. The fourth-order valence-corrected chi connectivity index (χ4v) is 3.35. The second kappa shape index (κ2) is 6.81. The summed E-state index contributed by atoms with van der Waals surface area (Å²) in [5.41, 5.74) is 2.42. The van der Waals surface area contributed by atoms with Crippen LogP contribution in [0.15, 0.2) is 51.9 Å². The lowest BCUT2D eigenvalue weighted by atomic mass is 9.79. The van der Waals surface area contributed by atoms with E-state index in [1.165, 1.54) is 0 Å². The largest absolute Gasteiger partial charge is 0.322 e. The first-order valence-electron chi connectivity index (χ1n) is 8.14. The van der Waals surface area contributed by atoms with E-state index in [4.69, 9.17) is 0 Å². The van der Waals surface area contributed by atoms with Crippen LogP contribution in [0.1, 0.15) is 30.7 Å². The van der Waals surface area contributed by atoms with Crippen LogP contribution in [0.3, 0.4) is 0 Å². The number of nitrogens with one attached hydrogen (secondary N) is 1. The summed E-state index contributed by atoms with van der Waals surface area (Å²) in [6.45, 7) is 3.86. The fourth-order valence-electron chi connectivity index (χ4n) is 2.97. The van der Waals surface area contributed by atoms with Gasteiger partial charge in [0.15, 0.2) is 0 Å². The molecule has 0 bridgehead atoms. The summed E-state index contributed by atoms with van der Waals surface area (Å²) < 4.78 is 0.750. The van der Waals surface area contributed by atoms with Crippen LogP contribution in [-0.2, 0) is 18.3 Å². The Hall–Kier alpha value is -2.45. The number of aryl methyl sites for hydroxylation is 1. The van der Waals surface area contributed by atoms with E-state index < -0.39 is 5.41 Å². The molecule has 126 valence electrons. The number of rotatable bonds is 4. The lowest BCUT2D eigenvalue weighted by Crippen LogP contribution is -2.23. The molecule has 4 nitrogen and oxygen atoms in total. The molecule has 2 heterocycles. The minimum Gasteiger partial charge on any atom is -0.322 e. The Kier molecular flexibility index (Phi) is 4.73. The molecule has 5 heteroatoms. The molecule has 3 rings (SSSR count). The van der Waals surface area contributed by atoms with E-state index in [0.717, 1.165) is 32.3 Å². The van der Waals surface area contributed by atoms with Crippen LogP contribution in [0.4, 0.5) is 0 Å². The molecule has 0 radical (unpaired) electrons. The van der Waals surface area contributed by atoms with E-state index in [0.29, 0.717) is 12.8 Å². The van der Waals surface area contributed by atoms with Crippen LogP contribution < -0.4 is 5.56 Å². The first-order valence-corrected chi connectivity index (χ1v) is 8.93. The van der Waals surface area contributed by atoms with Crippen molar-refractivity contribution in [2.24, 2.45) is 0 Å². The maximum absolute atomic E-state index is 12.1. The van der Waals surface area contributed by atoms with Gasteiger partial charge in [0.1, 0.15) is 4.60 Å². The third kappa shape index (κ3) is 3.49. The van der Waals surface area contributed by atoms with Crippen LogP contribution in [0.5, 0.6) is 0 Å². The number of hydrogen-bond donors (Lipinski definition) is 1. The molecule has 1 unspecified atom stereocenters. The molecule has 1 aromatic carbocycles. The lowest BCUT2D eigenvalue weighted by molar-refractivity contribution is 0.596. The van der Waals surface area contributed by atoms with Gasteiger partial charge < -0.3 is 4.98 Å². The SMILES string of the molecule is CCc1cc2ccc(C(C)(C#N)Cc3cccc(Br)n3)cc2[nH]c1=O. The highest BCUT2D eigenvalue weighted by molar-refractivity contribution is 9.10. The van der Waals surface area contributed by atoms with Crippen LogP contribution >= 0.6 is 15.9 Å². The number of fused-ring (bicyclic) bond motifs is 1. The number of pyridine rings is 2. The highest BCUT2D eigenvalue weighted by Crippen LogP contribution is 2.29. The van der Waals surface area contributed by atoms with Crippen molar-refractivity contribution in [3.8, 4) is 6.07 Å². The van der Waals surface area contributed by atoms with Gasteiger partial charge in [0.25, 0.3) is 5.56 Å². The molecular formula is C20H18BrN3O. The van der Waals surface area contributed by atoms with Gasteiger partial charge >= 0.3 is 0 Å². The zero-order valence-corrected chi connectivity index (χ0v) is 15.7. The summed E-state index contributed by atoms with van der Waals surface area (Å²) >= 11 is 3.37. The number of benzene rings is 1. The Labute approximate surface area is 154 Å². The predicted octanol–water partition coefficient (Wildman–Crippen LogP) is 4.27.